The standard InChI is InChI=1S/C20H16BrNO6/c21-13-4-1-11(2-5-13)18(24)16-17(22(7-8-23)20(26)19(16)25)12-3-6-14-15(9-12)28-10-27-14/h1-6,9,17,23-24H,7-8,10H2/b18-16-. The maximum atomic E-state index is 12.7. The van der Waals surface area contributed by atoms with E-state index in [0.717, 1.165) is 4.47 Å². The number of halogens is 1. The molecule has 0 bridgehead atoms. The Morgan fingerprint density at radius 3 is 2.54 bits per heavy atom. The number of likely N-dealkylation sites (tertiary alicyclic amines) is 1. The molecule has 2 aliphatic rings. The van der Waals surface area contributed by atoms with E-state index < -0.39 is 17.7 Å². The number of ketones is 1. The number of β-amino-alcohol motifs (C(OH)–C–C–N with tert-alkyl or cyclic N) is 1. The van der Waals surface area contributed by atoms with Crippen LogP contribution in [0.3, 0.4) is 0 Å². The fraction of sp³-hybridized carbons (Fsp3) is 0.200. The van der Waals surface area contributed by atoms with Gasteiger partial charge in [-0.1, -0.05) is 34.1 Å². The lowest BCUT2D eigenvalue weighted by atomic mass is 9.95. The largest absolute Gasteiger partial charge is 0.507 e. The fourth-order valence-electron chi connectivity index (χ4n) is 3.41. The predicted molar refractivity (Wildman–Crippen MR) is 103 cm³/mol. The van der Waals surface area contributed by atoms with E-state index in [4.69, 9.17) is 9.47 Å². The molecule has 0 saturated carbocycles. The first-order chi connectivity index (χ1) is 13.5. The summed E-state index contributed by atoms with van der Waals surface area (Å²) in [4.78, 5) is 26.6. The number of hydrogen-bond donors (Lipinski definition) is 2. The van der Waals surface area contributed by atoms with Crippen molar-refractivity contribution in [2.75, 3.05) is 19.9 Å². The average molecular weight is 446 g/mol. The predicted octanol–water partition coefficient (Wildman–Crippen LogP) is 2.59. The maximum absolute atomic E-state index is 12.7. The molecule has 1 fully saturated rings. The third-order valence-electron chi connectivity index (χ3n) is 4.71. The van der Waals surface area contributed by atoms with E-state index in [1.165, 1.54) is 4.90 Å². The molecule has 4 rings (SSSR count). The number of aliphatic hydroxyl groups excluding tert-OH is 2. The van der Waals surface area contributed by atoms with Gasteiger partial charge in [0.1, 0.15) is 5.76 Å². The molecule has 144 valence electrons. The van der Waals surface area contributed by atoms with Crippen molar-refractivity contribution in [1.82, 2.24) is 4.90 Å². The zero-order valence-electron chi connectivity index (χ0n) is 14.6. The Balaban J connectivity index is 1.87. The lowest BCUT2D eigenvalue weighted by molar-refractivity contribution is -0.140. The first-order valence-corrected chi connectivity index (χ1v) is 9.35. The van der Waals surface area contributed by atoms with Gasteiger partial charge in [-0.15, -0.1) is 0 Å². The summed E-state index contributed by atoms with van der Waals surface area (Å²) in [7, 11) is 0. The van der Waals surface area contributed by atoms with Crippen LogP contribution in [0.5, 0.6) is 11.5 Å². The van der Waals surface area contributed by atoms with Crippen molar-refractivity contribution < 1.29 is 29.3 Å². The Kier molecular flexibility index (Phi) is 4.82. The number of amides is 1. The quantitative estimate of drug-likeness (QED) is 0.426. The first-order valence-electron chi connectivity index (χ1n) is 8.56. The zero-order chi connectivity index (χ0) is 19.8. The molecule has 7 nitrogen and oxygen atoms in total. The number of fused-ring (bicyclic) bond motifs is 1. The highest BCUT2D eigenvalue weighted by atomic mass is 79.9. The summed E-state index contributed by atoms with van der Waals surface area (Å²) in [6.45, 7) is -0.262. The van der Waals surface area contributed by atoms with E-state index in [1.54, 1.807) is 42.5 Å². The molecule has 0 radical (unpaired) electrons. The minimum atomic E-state index is -0.842. The summed E-state index contributed by atoms with van der Waals surface area (Å²) in [5.41, 5.74) is 0.964. The molecule has 1 atom stereocenters. The number of Topliss-reactive ketones (excluding diaryl/α,β-unsaturated/α-hetero) is 1. The summed E-state index contributed by atoms with van der Waals surface area (Å²) in [5, 5.41) is 20.2. The molecule has 8 heteroatoms. The van der Waals surface area contributed by atoms with Crippen LogP contribution >= 0.6 is 15.9 Å². The molecule has 2 aromatic rings. The van der Waals surface area contributed by atoms with E-state index in [-0.39, 0.29) is 31.3 Å². The lowest BCUT2D eigenvalue weighted by Crippen LogP contribution is -2.32. The Morgan fingerprint density at radius 2 is 1.82 bits per heavy atom. The minimum Gasteiger partial charge on any atom is -0.507 e. The summed E-state index contributed by atoms with van der Waals surface area (Å²) in [6, 6.07) is 11.0. The third kappa shape index (κ3) is 3.04. The van der Waals surface area contributed by atoms with Crippen LogP contribution in [0.1, 0.15) is 17.2 Å². The first kappa shape index (κ1) is 18.5. The topological polar surface area (TPSA) is 96.3 Å². The van der Waals surface area contributed by atoms with Gasteiger partial charge in [0.15, 0.2) is 11.5 Å². The van der Waals surface area contributed by atoms with Crippen molar-refractivity contribution in [1.29, 1.82) is 0 Å². The van der Waals surface area contributed by atoms with E-state index >= 15 is 0 Å². The third-order valence-corrected chi connectivity index (χ3v) is 5.24. The molecule has 28 heavy (non-hydrogen) atoms. The number of aliphatic hydroxyl groups is 2. The summed E-state index contributed by atoms with van der Waals surface area (Å²) >= 11 is 3.33. The van der Waals surface area contributed by atoms with Gasteiger partial charge in [-0.2, -0.15) is 0 Å². The van der Waals surface area contributed by atoms with Crippen LogP contribution in [0.25, 0.3) is 5.76 Å². The molecule has 2 N–H and O–H groups in total. The van der Waals surface area contributed by atoms with Gasteiger partial charge in [-0.3, -0.25) is 9.59 Å². The Labute approximate surface area is 168 Å². The van der Waals surface area contributed by atoms with Crippen molar-refractivity contribution in [2.24, 2.45) is 0 Å². The molecule has 1 unspecified atom stereocenters. The maximum Gasteiger partial charge on any atom is 0.295 e. The van der Waals surface area contributed by atoms with E-state index in [9.17, 15) is 19.8 Å². The normalized spacial score (nSPS) is 20.1. The van der Waals surface area contributed by atoms with Crippen molar-refractivity contribution in [3.05, 3.63) is 63.6 Å². The molecular formula is C20H16BrNO6. The van der Waals surface area contributed by atoms with Crippen LogP contribution in [-0.4, -0.2) is 46.7 Å². The molecule has 1 saturated heterocycles. The molecular weight excluding hydrogens is 430 g/mol. The highest BCUT2D eigenvalue weighted by molar-refractivity contribution is 9.10. The number of benzene rings is 2. The SMILES string of the molecule is O=C1C(=O)N(CCO)C(c2ccc3c(c2)OCO3)/C1=C(/O)c1ccc(Br)cc1. The number of hydrogen-bond acceptors (Lipinski definition) is 6. The Hall–Kier alpha value is -2.84. The number of nitrogens with zero attached hydrogens (tertiary/aromatic N) is 1. The smallest absolute Gasteiger partial charge is 0.295 e. The molecule has 2 heterocycles. The van der Waals surface area contributed by atoms with E-state index in [2.05, 4.69) is 15.9 Å². The molecule has 1 amide bonds. The van der Waals surface area contributed by atoms with Gasteiger partial charge in [-0.05, 0) is 29.8 Å². The average Bonchev–Trinajstić information content (AvgIpc) is 3.26. The number of carbonyl (C=O) groups is 2. The highest BCUT2D eigenvalue weighted by Crippen LogP contribution is 2.42. The van der Waals surface area contributed by atoms with Gasteiger partial charge in [0.2, 0.25) is 6.79 Å². The number of ether oxygens (including phenoxy) is 2. The van der Waals surface area contributed by atoms with Gasteiger partial charge in [0.25, 0.3) is 11.7 Å². The van der Waals surface area contributed by atoms with Gasteiger partial charge in [0, 0.05) is 16.6 Å². The summed E-state index contributed by atoms with van der Waals surface area (Å²) in [5.74, 6) is -0.771. The second kappa shape index (κ2) is 7.29. The van der Waals surface area contributed by atoms with Crippen LogP contribution < -0.4 is 9.47 Å². The molecule has 0 aliphatic carbocycles. The van der Waals surface area contributed by atoms with Gasteiger partial charge < -0.3 is 24.6 Å². The number of carbonyl (C=O) groups excluding carboxylic acids is 2. The van der Waals surface area contributed by atoms with Gasteiger partial charge in [-0.25, -0.2) is 0 Å². The van der Waals surface area contributed by atoms with E-state index in [0.29, 0.717) is 22.6 Å². The Bertz CT molecular complexity index is 985. The molecule has 0 spiro atoms. The fourth-order valence-corrected chi connectivity index (χ4v) is 3.68. The molecule has 0 aromatic heterocycles. The van der Waals surface area contributed by atoms with Gasteiger partial charge >= 0.3 is 0 Å². The monoisotopic (exact) mass is 445 g/mol. The van der Waals surface area contributed by atoms with Crippen molar-refractivity contribution in [3.63, 3.8) is 0 Å². The molecule has 2 aliphatic heterocycles. The van der Waals surface area contributed by atoms with Crippen molar-refractivity contribution >= 4 is 33.4 Å². The lowest BCUT2D eigenvalue weighted by Gasteiger charge is -2.24. The minimum absolute atomic E-state index is 0.0281. The Morgan fingerprint density at radius 1 is 1.11 bits per heavy atom. The highest BCUT2D eigenvalue weighted by Gasteiger charge is 2.46. The second-order valence-corrected chi connectivity index (χ2v) is 7.25. The van der Waals surface area contributed by atoms with Crippen LogP contribution in [-0.2, 0) is 9.59 Å². The van der Waals surface area contributed by atoms with Crippen LogP contribution in [0.2, 0.25) is 0 Å². The second-order valence-electron chi connectivity index (χ2n) is 6.34. The van der Waals surface area contributed by atoms with Gasteiger partial charge in [0.05, 0.1) is 18.2 Å². The van der Waals surface area contributed by atoms with Crippen molar-refractivity contribution in [2.45, 2.75) is 6.04 Å². The summed E-state index contributed by atoms with van der Waals surface area (Å²) < 4.78 is 11.5. The number of rotatable bonds is 4. The van der Waals surface area contributed by atoms with E-state index in [1.807, 2.05) is 0 Å². The summed E-state index contributed by atoms with van der Waals surface area (Å²) in [6.07, 6.45) is 0. The van der Waals surface area contributed by atoms with Crippen molar-refractivity contribution in [3.8, 4) is 11.5 Å². The van der Waals surface area contributed by atoms with Crippen LogP contribution in [0.15, 0.2) is 52.5 Å². The zero-order valence-corrected chi connectivity index (χ0v) is 16.2. The van der Waals surface area contributed by atoms with Crippen LogP contribution in [0.4, 0.5) is 0 Å². The van der Waals surface area contributed by atoms with Crippen LogP contribution in [0, 0.1) is 0 Å². The molecule has 2 aromatic carbocycles.